The van der Waals surface area contributed by atoms with Gasteiger partial charge in [-0.25, -0.2) is 9.59 Å². The lowest BCUT2D eigenvalue weighted by atomic mass is 9.98. The van der Waals surface area contributed by atoms with Gasteiger partial charge in [-0.2, -0.15) is 0 Å². The van der Waals surface area contributed by atoms with Gasteiger partial charge in [-0.3, -0.25) is 4.79 Å². The van der Waals surface area contributed by atoms with Crippen LogP contribution in [0.15, 0.2) is 48.5 Å². The fourth-order valence-corrected chi connectivity index (χ4v) is 6.11. The van der Waals surface area contributed by atoms with Gasteiger partial charge >= 0.3 is 12.1 Å². The van der Waals surface area contributed by atoms with Crippen molar-refractivity contribution in [2.75, 3.05) is 19.8 Å². The number of carbonyl (C=O) groups is 3. The van der Waals surface area contributed by atoms with Crippen molar-refractivity contribution in [3.63, 3.8) is 0 Å². The number of likely N-dealkylation sites (tertiary alicyclic amines) is 1. The molecule has 0 spiro atoms. The highest BCUT2D eigenvalue weighted by Gasteiger charge is 2.55. The van der Waals surface area contributed by atoms with Crippen LogP contribution in [0.3, 0.4) is 0 Å². The largest absolute Gasteiger partial charge is 0.480 e. The third-order valence-corrected chi connectivity index (χ3v) is 7.95. The summed E-state index contributed by atoms with van der Waals surface area (Å²) >= 11 is 0. The van der Waals surface area contributed by atoms with Crippen molar-refractivity contribution >= 4 is 18.0 Å². The summed E-state index contributed by atoms with van der Waals surface area (Å²) in [5.74, 6) is -1.38. The number of carbonyl (C=O) groups excluding carboxylic acids is 2. The lowest BCUT2D eigenvalue weighted by Gasteiger charge is -2.27. The van der Waals surface area contributed by atoms with Gasteiger partial charge in [0.05, 0.1) is 12.1 Å². The van der Waals surface area contributed by atoms with Crippen LogP contribution in [-0.4, -0.2) is 65.9 Å². The molecule has 0 bridgehead atoms. The molecular weight excluding hydrogens is 448 g/mol. The van der Waals surface area contributed by atoms with Crippen LogP contribution in [0.2, 0.25) is 0 Å². The molecule has 3 fully saturated rings. The molecule has 5 atom stereocenters. The number of hydrogen-bond acceptors (Lipinski definition) is 5. The second-order valence-corrected chi connectivity index (χ2v) is 9.91. The minimum Gasteiger partial charge on any atom is -0.480 e. The fourth-order valence-electron chi connectivity index (χ4n) is 6.11. The van der Waals surface area contributed by atoms with E-state index >= 15 is 0 Å². The van der Waals surface area contributed by atoms with Crippen LogP contribution in [0, 0.1) is 11.8 Å². The number of carboxylic acids is 1. The molecule has 2 N–H and O–H groups in total. The summed E-state index contributed by atoms with van der Waals surface area (Å²) in [5, 5.41) is 12.4. The number of nitrogens with one attached hydrogen (secondary N) is 1. The Labute approximate surface area is 203 Å². The summed E-state index contributed by atoms with van der Waals surface area (Å²) in [6, 6.07) is 15.4. The molecule has 2 amide bonds. The zero-order valence-electron chi connectivity index (χ0n) is 19.3. The van der Waals surface area contributed by atoms with Crippen molar-refractivity contribution in [1.29, 1.82) is 0 Å². The van der Waals surface area contributed by atoms with Crippen molar-refractivity contribution in [2.45, 2.75) is 43.4 Å². The maximum absolute atomic E-state index is 13.1. The van der Waals surface area contributed by atoms with Gasteiger partial charge in [0.1, 0.15) is 12.6 Å². The average molecular weight is 477 g/mol. The number of hydrogen-bond donors (Lipinski definition) is 2. The van der Waals surface area contributed by atoms with E-state index in [-0.39, 0.29) is 42.4 Å². The number of benzene rings is 2. The molecule has 2 aromatic rings. The minimum absolute atomic E-state index is 0.00111. The molecule has 8 nitrogen and oxygen atoms in total. The first-order valence-electron chi connectivity index (χ1n) is 12.3. The minimum atomic E-state index is -0.981. The predicted octanol–water partition coefficient (Wildman–Crippen LogP) is 3.00. The summed E-state index contributed by atoms with van der Waals surface area (Å²) in [5.41, 5.74) is 4.66. The number of ether oxygens (including phenoxy) is 2. The molecule has 2 aromatic carbocycles. The zero-order chi connectivity index (χ0) is 24.1. The molecule has 1 unspecified atom stereocenters. The number of nitrogens with zero attached hydrogens (tertiary/aromatic N) is 1. The lowest BCUT2D eigenvalue weighted by Crippen LogP contribution is -2.46. The van der Waals surface area contributed by atoms with Gasteiger partial charge in [-0.15, -0.1) is 0 Å². The Bertz CT molecular complexity index is 1140. The molecule has 6 rings (SSSR count). The Morgan fingerprint density at radius 1 is 1.03 bits per heavy atom. The fraction of sp³-hybridized carbons (Fsp3) is 0.444. The van der Waals surface area contributed by atoms with E-state index in [0.29, 0.717) is 32.4 Å². The van der Waals surface area contributed by atoms with E-state index in [9.17, 15) is 19.5 Å². The summed E-state index contributed by atoms with van der Waals surface area (Å²) in [4.78, 5) is 38.8. The standard InChI is InChI=1S/C27H28N2O6/c30-25(29-22-9-10-34-24(22)12-23(29)26(31)32)20-11-15(20)13-28-27(33)35-14-21-18-7-3-1-5-16(18)17-6-2-4-8-19(17)21/h1-8,15,20-24H,9-14H2,(H,28,33)(H,31,32)/t15-,20-,22+,23?,24+/m1/s1. The third kappa shape index (κ3) is 3.86. The van der Waals surface area contributed by atoms with Gasteiger partial charge in [0.25, 0.3) is 0 Å². The van der Waals surface area contributed by atoms with Crippen molar-refractivity contribution in [3.8, 4) is 11.1 Å². The van der Waals surface area contributed by atoms with Crippen molar-refractivity contribution in [2.24, 2.45) is 11.8 Å². The first kappa shape index (κ1) is 22.1. The maximum Gasteiger partial charge on any atom is 0.407 e. The van der Waals surface area contributed by atoms with Crippen LogP contribution >= 0.6 is 0 Å². The number of carboxylic acid groups (broad SMARTS) is 1. The summed E-state index contributed by atoms with van der Waals surface area (Å²) in [7, 11) is 0. The van der Waals surface area contributed by atoms with Crippen LogP contribution in [-0.2, 0) is 19.1 Å². The molecule has 0 aromatic heterocycles. The van der Waals surface area contributed by atoms with E-state index in [1.165, 1.54) is 16.0 Å². The summed E-state index contributed by atoms with van der Waals surface area (Å²) in [6.45, 7) is 1.14. The predicted molar refractivity (Wildman–Crippen MR) is 126 cm³/mol. The number of fused-ring (bicyclic) bond motifs is 4. The highest BCUT2D eigenvalue weighted by Crippen LogP contribution is 2.45. The van der Waals surface area contributed by atoms with E-state index in [1.807, 2.05) is 24.3 Å². The molecule has 1 saturated carbocycles. The van der Waals surface area contributed by atoms with Gasteiger partial charge < -0.3 is 24.8 Å². The number of aliphatic carboxylic acids is 1. The Morgan fingerprint density at radius 2 is 1.71 bits per heavy atom. The van der Waals surface area contributed by atoms with E-state index in [1.54, 1.807) is 0 Å². The zero-order valence-corrected chi connectivity index (χ0v) is 19.3. The quantitative estimate of drug-likeness (QED) is 0.664. The number of rotatable bonds is 6. The molecular formula is C27H28N2O6. The molecule has 8 heteroatoms. The lowest BCUT2D eigenvalue weighted by molar-refractivity contribution is -0.150. The Hall–Kier alpha value is -3.39. The van der Waals surface area contributed by atoms with Crippen LogP contribution in [0.25, 0.3) is 11.1 Å². The normalized spacial score (nSPS) is 28.2. The Morgan fingerprint density at radius 3 is 2.40 bits per heavy atom. The van der Waals surface area contributed by atoms with E-state index in [4.69, 9.17) is 9.47 Å². The first-order valence-corrected chi connectivity index (χ1v) is 12.3. The average Bonchev–Trinajstić information content (AvgIpc) is 3.18. The third-order valence-electron chi connectivity index (χ3n) is 7.95. The number of alkyl carbamates (subject to hydrolysis) is 1. The van der Waals surface area contributed by atoms with Gasteiger partial charge in [0.2, 0.25) is 5.91 Å². The van der Waals surface area contributed by atoms with Gasteiger partial charge in [-0.05, 0) is 41.0 Å². The van der Waals surface area contributed by atoms with Crippen LogP contribution in [0.5, 0.6) is 0 Å². The Kier molecular flexibility index (Phi) is 5.48. The van der Waals surface area contributed by atoms with Crippen molar-refractivity contribution in [3.05, 3.63) is 59.7 Å². The molecule has 4 aliphatic rings. The highest BCUT2D eigenvalue weighted by atomic mass is 16.5. The Balaban J connectivity index is 1.02. The van der Waals surface area contributed by atoms with Gasteiger partial charge in [-0.1, -0.05) is 48.5 Å². The molecule has 182 valence electrons. The SMILES string of the molecule is O=C(NC[C@H]1C[C@H]1C(=O)N1C(C(=O)O)C[C@@H]2OCC[C@@H]21)OCC1c2ccccc2-c2ccccc21. The number of amides is 2. The monoisotopic (exact) mass is 476 g/mol. The van der Waals surface area contributed by atoms with E-state index in [0.717, 1.165) is 11.1 Å². The van der Waals surface area contributed by atoms with Crippen LogP contribution in [0.4, 0.5) is 4.79 Å². The van der Waals surface area contributed by atoms with E-state index in [2.05, 4.69) is 29.6 Å². The topological polar surface area (TPSA) is 105 Å². The molecule has 0 radical (unpaired) electrons. The molecule has 2 heterocycles. The maximum atomic E-state index is 13.1. The van der Waals surface area contributed by atoms with Crippen LogP contribution in [0.1, 0.15) is 36.3 Å². The smallest absolute Gasteiger partial charge is 0.407 e. The van der Waals surface area contributed by atoms with Crippen molar-refractivity contribution < 1.29 is 29.0 Å². The molecule has 2 aliphatic carbocycles. The highest BCUT2D eigenvalue weighted by molar-refractivity contribution is 5.88. The molecule has 2 aliphatic heterocycles. The first-order chi connectivity index (χ1) is 17.0. The second kappa shape index (κ2) is 8.68. The molecule has 35 heavy (non-hydrogen) atoms. The summed E-state index contributed by atoms with van der Waals surface area (Å²) in [6.07, 6.45) is 0.982. The van der Waals surface area contributed by atoms with Crippen LogP contribution < -0.4 is 5.32 Å². The van der Waals surface area contributed by atoms with Gasteiger partial charge in [0, 0.05) is 31.4 Å². The second-order valence-electron chi connectivity index (χ2n) is 9.91. The summed E-state index contributed by atoms with van der Waals surface area (Å²) < 4.78 is 11.2. The van der Waals surface area contributed by atoms with Crippen molar-refractivity contribution in [1.82, 2.24) is 10.2 Å². The molecule has 2 saturated heterocycles. The van der Waals surface area contributed by atoms with E-state index < -0.39 is 18.1 Å². The van der Waals surface area contributed by atoms with Gasteiger partial charge in [0.15, 0.2) is 0 Å².